The number of hydrogen-bond donors (Lipinski definition) is 0. The summed E-state index contributed by atoms with van der Waals surface area (Å²) in [6.07, 6.45) is 0. The SMILES string of the molecule is COc1ccc(C(SCc2ccccc2)SCc2ccccc2)cc1OC. The number of benzene rings is 3. The van der Waals surface area contributed by atoms with Gasteiger partial charge in [0.15, 0.2) is 11.5 Å². The summed E-state index contributed by atoms with van der Waals surface area (Å²) in [6.45, 7) is 0. The maximum absolute atomic E-state index is 5.51. The van der Waals surface area contributed by atoms with E-state index in [4.69, 9.17) is 9.47 Å². The van der Waals surface area contributed by atoms with Gasteiger partial charge in [-0.25, -0.2) is 0 Å². The van der Waals surface area contributed by atoms with Crippen LogP contribution in [0.3, 0.4) is 0 Å². The van der Waals surface area contributed by atoms with Crippen LogP contribution in [0.2, 0.25) is 0 Å². The van der Waals surface area contributed by atoms with Crippen molar-refractivity contribution < 1.29 is 9.47 Å². The minimum atomic E-state index is 0.310. The zero-order chi connectivity index (χ0) is 18.9. The van der Waals surface area contributed by atoms with Gasteiger partial charge in [-0.05, 0) is 28.8 Å². The molecule has 0 saturated heterocycles. The number of rotatable bonds is 9. The summed E-state index contributed by atoms with van der Waals surface area (Å²) >= 11 is 3.89. The summed E-state index contributed by atoms with van der Waals surface area (Å²) in [6, 6.07) is 27.5. The molecule has 0 atom stereocenters. The molecule has 0 heterocycles. The van der Waals surface area contributed by atoms with Crippen LogP contribution in [0.15, 0.2) is 78.9 Å². The number of ether oxygens (including phenoxy) is 2. The lowest BCUT2D eigenvalue weighted by Crippen LogP contribution is -1.96. The normalized spacial score (nSPS) is 10.8. The van der Waals surface area contributed by atoms with E-state index in [9.17, 15) is 0 Å². The molecule has 0 aromatic heterocycles. The van der Waals surface area contributed by atoms with E-state index in [2.05, 4.69) is 72.8 Å². The Labute approximate surface area is 170 Å². The van der Waals surface area contributed by atoms with E-state index in [-0.39, 0.29) is 0 Å². The van der Waals surface area contributed by atoms with E-state index in [0.717, 1.165) is 23.0 Å². The maximum atomic E-state index is 5.51. The molecular formula is C23H24O2S2. The van der Waals surface area contributed by atoms with Crippen molar-refractivity contribution in [3.63, 3.8) is 0 Å². The van der Waals surface area contributed by atoms with Crippen LogP contribution >= 0.6 is 23.5 Å². The number of hydrogen-bond acceptors (Lipinski definition) is 4. The number of thioether (sulfide) groups is 2. The van der Waals surface area contributed by atoms with Crippen LogP contribution in [-0.4, -0.2) is 14.2 Å². The average Bonchev–Trinajstić information content (AvgIpc) is 2.75. The third-order valence-corrected chi connectivity index (χ3v) is 7.13. The molecule has 0 radical (unpaired) electrons. The summed E-state index contributed by atoms with van der Waals surface area (Å²) < 4.78 is 11.2. The van der Waals surface area contributed by atoms with E-state index in [0.29, 0.717) is 4.58 Å². The Morgan fingerprint density at radius 2 is 1.19 bits per heavy atom. The molecule has 0 bridgehead atoms. The van der Waals surface area contributed by atoms with Gasteiger partial charge in [0.25, 0.3) is 0 Å². The molecule has 0 saturated carbocycles. The van der Waals surface area contributed by atoms with Gasteiger partial charge >= 0.3 is 0 Å². The first-order chi connectivity index (χ1) is 13.3. The molecule has 0 N–H and O–H groups in total. The molecule has 27 heavy (non-hydrogen) atoms. The van der Waals surface area contributed by atoms with Crippen LogP contribution < -0.4 is 9.47 Å². The van der Waals surface area contributed by atoms with E-state index >= 15 is 0 Å². The predicted octanol–water partition coefficient (Wildman–Crippen LogP) is 6.57. The summed E-state index contributed by atoms with van der Waals surface area (Å²) in [5.41, 5.74) is 3.93. The van der Waals surface area contributed by atoms with Gasteiger partial charge in [0.2, 0.25) is 0 Å². The van der Waals surface area contributed by atoms with Crippen molar-refractivity contribution >= 4 is 23.5 Å². The molecule has 140 valence electrons. The van der Waals surface area contributed by atoms with E-state index in [1.165, 1.54) is 16.7 Å². The summed E-state index contributed by atoms with van der Waals surface area (Å²) in [5, 5.41) is 0. The summed E-state index contributed by atoms with van der Waals surface area (Å²) in [4.78, 5) is 0. The van der Waals surface area contributed by atoms with Crippen LogP contribution in [0.4, 0.5) is 0 Å². The third kappa shape index (κ3) is 5.72. The van der Waals surface area contributed by atoms with Crippen molar-refractivity contribution in [2.45, 2.75) is 16.1 Å². The third-order valence-electron chi connectivity index (χ3n) is 4.17. The Morgan fingerprint density at radius 3 is 1.67 bits per heavy atom. The van der Waals surface area contributed by atoms with Gasteiger partial charge in [0.1, 0.15) is 0 Å². The maximum Gasteiger partial charge on any atom is 0.161 e. The van der Waals surface area contributed by atoms with Gasteiger partial charge in [-0.3, -0.25) is 0 Å². The van der Waals surface area contributed by atoms with Crippen LogP contribution in [0.1, 0.15) is 21.3 Å². The highest BCUT2D eigenvalue weighted by molar-refractivity contribution is 8.15. The number of methoxy groups -OCH3 is 2. The molecule has 0 spiro atoms. The fourth-order valence-electron chi connectivity index (χ4n) is 2.73. The van der Waals surface area contributed by atoms with Crippen molar-refractivity contribution in [2.24, 2.45) is 0 Å². The molecule has 0 aliphatic heterocycles. The van der Waals surface area contributed by atoms with Crippen molar-refractivity contribution in [1.29, 1.82) is 0 Å². The topological polar surface area (TPSA) is 18.5 Å². The molecule has 0 unspecified atom stereocenters. The van der Waals surface area contributed by atoms with Crippen LogP contribution in [0.25, 0.3) is 0 Å². The molecule has 2 nitrogen and oxygen atoms in total. The highest BCUT2D eigenvalue weighted by Crippen LogP contribution is 2.44. The molecular weight excluding hydrogens is 372 g/mol. The Hall–Kier alpha value is -2.04. The lowest BCUT2D eigenvalue weighted by Gasteiger charge is -2.19. The van der Waals surface area contributed by atoms with Crippen molar-refractivity contribution in [3.8, 4) is 11.5 Å². The fraction of sp³-hybridized carbons (Fsp3) is 0.217. The molecule has 0 amide bonds. The second-order valence-electron chi connectivity index (χ2n) is 6.04. The molecule has 3 aromatic carbocycles. The van der Waals surface area contributed by atoms with Gasteiger partial charge in [-0.15, -0.1) is 23.5 Å². The average molecular weight is 397 g/mol. The summed E-state index contributed by atoms with van der Waals surface area (Å²) in [5.74, 6) is 3.49. The largest absolute Gasteiger partial charge is 0.493 e. The van der Waals surface area contributed by atoms with Crippen molar-refractivity contribution in [3.05, 3.63) is 95.6 Å². The minimum absolute atomic E-state index is 0.310. The van der Waals surface area contributed by atoms with Crippen LogP contribution in [0, 0.1) is 0 Å². The van der Waals surface area contributed by atoms with E-state index in [1.807, 2.05) is 29.6 Å². The van der Waals surface area contributed by atoms with Gasteiger partial charge < -0.3 is 9.47 Å². The smallest absolute Gasteiger partial charge is 0.161 e. The molecule has 0 aliphatic carbocycles. The Kier molecular flexibility index (Phi) is 7.55. The molecule has 3 aromatic rings. The zero-order valence-electron chi connectivity index (χ0n) is 15.6. The fourth-order valence-corrected chi connectivity index (χ4v) is 5.28. The first-order valence-electron chi connectivity index (χ1n) is 8.83. The highest BCUT2D eigenvalue weighted by Gasteiger charge is 2.16. The van der Waals surface area contributed by atoms with Crippen molar-refractivity contribution in [2.75, 3.05) is 14.2 Å². The monoisotopic (exact) mass is 396 g/mol. The Bertz CT molecular complexity index is 779. The second kappa shape index (κ2) is 10.3. The van der Waals surface area contributed by atoms with Crippen LogP contribution in [0.5, 0.6) is 11.5 Å². The Morgan fingerprint density at radius 1 is 0.667 bits per heavy atom. The van der Waals surface area contributed by atoms with Crippen LogP contribution in [-0.2, 0) is 11.5 Å². The quantitative estimate of drug-likeness (QED) is 0.381. The molecule has 0 aliphatic rings. The minimum Gasteiger partial charge on any atom is -0.493 e. The van der Waals surface area contributed by atoms with E-state index in [1.54, 1.807) is 14.2 Å². The lowest BCUT2D eigenvalue weighted by molar-refractivity contribution is 0.354. The van der Waals surface area contributed by atoms with Gasteiger partial charge in [0, 0.05) is 11.5 Å². The zero-order valence-corrected chi connectivity index (χ0v) is 17.3. The standard InChI is InChI=1S/C23H24O2S2/c1-24-21-14-13-20(15-22(21)25-2)23(26-16-18-9-5-3-6-10-18)27-17-19-11-7-4-8-12-19/h3-15,23H,16-17H2,1-2H3. The first kappa shape index (κ1) is 19.7. The molecule has 4 heteroatoms. The molecule has 3 rings (SSSR count). The first-order valence-corrected chi connectivity index (χ1v) is 10.9. The predicted molar refractivity (Wildman–Crippen MR) is 118 cm³/mol. The van der Waals surface area contributed by atoms with Crippen molar-refractivity contribution in [1.82, 2.24) is 0 Å². The summed E-state index contributed by atoms with van der Waals surface area (Å²) in [7, 11) is 3.36. The van der Waals surface area contributed by atoms with Gasteiger partial charge in [-0.2, -0.15) is 0 Å². The van der Waals surface area contributed by atoms with Gasteiger partial charge in [-0.1, -0.05) is 66.7 Å². The van der Waals surface area contributed by atoms with E-state index < -0.39 is 0 Å². The molecule has 0 fully saturated rings. The lowest BCUT2D eigenvalue weighted by atomic mass is 10.2. The Balaban J connectivity index is 1.77. The van der Waals surface area contributed by atoms with Gasteiger partial charge in [0.05, 0.1) is 18.8 Å². The second-order valence-corrected chi connectivity index (χ2v) is 8.52. The highest BCUT2D eigenvalue weighted by atomic mass is 32.2.